The van der Waals surface area contributed by atoms with Crippen LogP contribution in [0.2, 0.25) is 0 Å². The zero-order chi connectivity index (χ0) is 9.68. The van der Waals surface area contributed by atoms with Crippen molar-refractivity contribution in [2.75, 3.05) is 5.75 Å². The molecule has 1 aliphatic carbocycles. The van der Waals surface area contributed by atoms with Crippen molar-refractivity contribution in [2.24, 2.45) is 5.92 Å². The van der Waals surface area contributed by atoms with E-state index in [-0.39, 0.29) is 6.10 Å². The third-order valence-electron chi connectivity index (χ3n) is 2.79. The maximum Gasteiger partial charge on any atom is 0.0658 e. The molecule has 78 valence electrons. The minimum Gasteiger partial charge on any atom is -0.392 e. The zero-order valence-electron chi connectivity index (χ0n) is 8.83. The van der Waals surface area contributed by atoms with E-state index in [1.165, 1.54) is 32.1 Å². The van der Waals surface area contributed by atoms with Gasteiger partial charge in [-0.25, -0.2) is 0 Å². The highest BCUT2D eigenvalue weighted by Crippen LogP contribution is 2.28. The normalized spacial score (nSPS) is 22.2. The molecule has 0 spiro atoms. The average Bonchev–Trinajstić information content (AvgIpc) is 2.15. The molecular formula is C11H22OS. The highest BCUT2D eigenvalue weighted by atomic mass is 32.2. The van der Waals surface area contributed by atoms with Gasteiger partial charge in [0.15, 0.2) is 0 Å². The number of thioether (sulfide) groups is 1. The van der Waals surface area contributed by atoms with Crippen molar-refractivity contribution in [3.05, 3.63) is 0 Å². The van der Waals surface area contributed by atoms with Crippen molar-refractivity contribution in [1.29, 1.82) is 0 Å². The van der Waals surface area contributed by atoms with E-state index in [1.54, 1.807) is 0 Å². The first-order chi connectivity index (χ1) is 6.20. The summed E-state index contributed by atoms with van der Waals surface area (Å²) in [6, 6.07) is 0. The summed E-state index contributed by atoms with van der Waals surface area (Å²) < 4.78 is 0. The van der Waals surface area contributed by atoms with Crippen molar-refractivity contribution in [3.8, 4) is 0 Å². The maximum atomic E-state index is 9.90. The summed E-state index contributed by atoms with van der Waals surface area (Å²) in [5.41, 5.74) is 0. The predicted octanol–water partition coefficient (Wildman–Crippen LogP) is 3.07. The molecule has 1 aliphatic rings. The van der Waals surface area contributed by atoms with Gasteiger partial charge in [-0.2, -0.15) is 11.8 Å². The Morgan fingerprint density at radius 1 is 1.23 bits per heavy atom. The van der Waals surface area contributed by atoms with E-state index in [0.29, 0.717) is 11.2 Å². The van der Waals surface area contributed by atoms with Crippen molar-refractivity contribution >= 4 is 11.8 Å². The lowest BCUT2D eigenvalue weighted by Crippen LogP contribution is -2.25. The fourth-order valence-electron chi connectivity index (χ4n) is 1.95. The van der Waals surface area contributed by atoms with Gasteiger partial charge >= 0.3 is 0 Å². The summed E-state index contributed by atoms with van der Waals surface area (Å²) >= 11 is 1.88. The van der Waals surface area contributed by atoms with E-state index in [4.69, 9.17) is 0 Å². The topological polar surface area (TPSA) is 20.2 Å². The lowest BCUT2D eigenvalue weighted by atomic mass is 9.86. The maximum absolute atomic E-state index is 9.90. The fraction of sp³-hybridized carbons (Fsp3) is 1.00. The van der Waals surface area contributed by atoms with Crippen LogP contribution in [0.3, 0.4) is 0 Å². The Balaban J connectivity index is 2.17. The number of aliphatic hydroxyl groups is 1. The molecule has 0 saturated heterocycles. The molecule has 1 rings (SSSR count). The van der Waals surface area contributed by atoms with Crippen LogP contribution in [-0.4, -0.2) is 22.2 Å². The number of hydrogen-bond acceptors (Lipinski definition) is 2. The standard InChI is InChI=1S/C11H22OS/c1-9(2)13-8-11(12)10-6-4-3-5-7-10/h9-12H,3-8H2,1-2H3. The molecule has 0 aromatic carbocycles. The van der Waals surface area contributed by atoms with E-state index in [1.807, 2.05) is 11.8 Å². The second-order valence-electron chi connectivity index (χ2n) is 4.35. The van der Waals surface area contributed by atoms with E-state index >= 15 is 0 Å². The van der Waals surface area contributed by atoms with Crippen LogP contribution >= 0.6 is 11.8 Å². The third-order valence-corrected chi connectivity index (χ3v) is 3.99. The quantitative estimate of drug-likeness (QED) is 0.756. The van der Waals surface area contributed by atoms with Crippen LogP contribution in [0, 0.1) is 5.92 Å². The summed E-state index contributed by atoms with van der Waals surface area (Å²) in [4.78, 5) is 0. The molecule has 0 radical (unpaired) electrons. The molecule has 0 aliphatic heterocycles. The molecule has 0 heterocycles. The highest BCUT2D eigenvalue weighted by molar-refractivity contribution is 7.99. The zero-order valence-corrected chi connectivity index (χ0v) is 9.65. The van der Waals surface area contributed by atoms with Gasteiger partial charge in [-0.1, -0.05) is 33.1 Å². The lowest BCUT2D eigenvalue weighted by Gasteiger charge is -2.26. The highest BCUT2D eigenvalue weighted by Gasteiger charge is 2.21. The Bertz CT molecular complexity index is 130. The molecule has 1 unspecified atom stereocenters. The van der Waals surface area contributed by atoms with E-state index in [2.05, 4.69) is 13.8 Å². The van der Waals surface area contributed by atoms with Crippen LogP contribution in [0.4, 0.5) is 0 Å². The third kappa shape index (κ3) is 4.37. The van der Waals surface area contributed by atoms with Gasteiger partial charge in [0, 0.05) is 5.75 Å². The summed E-state index contributed by atoms with van der Waals surface area (Å²) in [6.45, 7) is 4.39. The van der Waals surface area contributed by atoms with E-state index < -0.39 is 0 Å². The van der Waals surface area contributed by atoms with Crippen LogP contribution < -0.4 is 0 Å². The Labute approximate surface area is 86.3 Å². The second-order valence-corrected chi connectivity index (χ2v) is 5.96. The van der Waals surface area contributed by atoms with Crippen LogP contribution in [0.15, 0.2) is 0 Å². The molecule has 2 heteroatoms. The Morgan fingerprint density at radius 3 is 2.38 bits per heavy atom. The van der Waals surface area contributed by atoms with Crippen LogP contribution in [0.5, 0.6) is 0 Å². The van der Waals surface area contributed by atoms with Gasteiger partial charge in [0.25, 0.3) is 0 Å². The molecule has 1 saturated carbocycles. The van der Waals surface area contributed by atoms with Gasteiger partial charge in [-0.05, 0) is 24.0 Å². The molecule has 1 nitrogen and oxygen atoms in total. The van der Waals surface area contributed by atoms with Crippen molar-refractivity contribution in [1.82, 2.24) is 0 Å². The van der Waals surface area contributed by atoms with Gasteiger partial charge < -0.3 is 5.11 Å². The average molecular weight is 202 g/mol. The van der Waals surface area contributed by atoms with E-state index in [0.717, 1.165) is 5.75 Å². The minimum atomic E-state index is -0.0484. The number of hydrogen-bond donors (Lipinski definition) is 1. The van der Waals surface area contributed by atoms with Crippen molar-refractivity contribution in [2.45, 2.75) is 57.3 Å². The fourth-order valence-corrected chi connectivity index (χ4v) is 2.80. The molecule has 0 aromatic heterocycles. The van der Waals surface area contributed by atoms with Crippen LogP contribution in [0.25, 0.3) is 0 Å². The van der Waals surface area contributed by atoms with E-state index in [9.17, 15) is 5.11 Å². The largest absolute Gasteiger partial charge is 0.392 e. The molecule has 1 atom stereocenters. The first-order valence-electron chi connectivity index (χ1n) is 5.50. The first kappa shape index (κ1) is 11.4. The van der Waals surface area contributed by atoms with Crippen molar-refractivity contribution in [3.63, 3.8) is 0 Å². The van der Waals surface area contributed by atoms with Gasteiger partial charge in [0.2, 0.25) is 0 Å². The second kappa shape index (κ2) is 5.92. The van der Waals surface area contributed by atoms with Crippen LogP contribution in [0.1, 0.15) is 46.0 Å². The van der Waals surface area contributed by atoms with Gasteiger partial charge in [-0.15, -0.1) is 0 Å². The molecule has 0 aromatic rings. The summed E-state index contributed by atoms with van der Waals surface area (Å²) in [5, 5.41) is 10.6. The Hall–Kier alpha value is 0.310. The van der Waals surface area contributed by atoms with Crippen LogP contribution in [-0.2, 0) is 0 Å². The summed E-state index contributed by atoms with van der Waals surface area (Å²) in [7, 11) is 0. The summed E-state index contributed by atoms with van der Waals surface area (Å²) in [6.07, 6.45) is 6.48. The van der Waals surface area contributed by atoms with Gasteiger partial charge in [0.1, 0.15) is 0 Å². The van der Waals surface area contributed by atoms with Crippen molar-refractivity contribution < 1.29 is 5.11 Å². The number of rotatable bonds is 4. The summed E-state index contributed by atoms with van der Waals surface area (Å²) in [5.74, 6) is 1.53. The SMILES string of the molecule is CC(C)SCC(O)C1CCCCC1. The Morgan fingerprint density at radius 2 is 1.85 bits per heavy atom. The lowest BCUT2D eigenvalue weighted by molar-refractivity contribution is 0.105. The molecule has 0 amide bonds. The molecule has 1 fully saturated rings. The molecular weight excluding hydrogens is 180 g/mol. The monoisotopic (exact) mass is 202 g/mol. The Kier molecular flexibility index (Phi) is 5.18. The molecule has 0 bridgehead atoms. The van der Waals surface area contributed by atoms with Gasteiger partial charge in [0.05, 0.1) is 6.10 Å². The minimum absolute atomic E-state index is 0.0484. The van der Waals surface area contributed by atoms with Gasteiger partial charge in [-0.3, -0.25) is 0 Å². The first-order valence-corrected chi connectivity index (χ1v) is 6.54. The smallest absolute Gasteiger partial charge is 0.0658 e. The predicted molar refractivity (Wildman–Crippen MR) is 60.2 cm³/mol. The molecule has 1 N–H and O–H groups in total. The number of aliphatic hydroxyl groups excluding tert-OH is 1. The molecule has 13 heavy (non-hydrogen) atoms.